The fourth-order valence-electron chi connectivity index (χ4n) is 3.93. The Morgan fingerprint density at radius 1 is 0.727 bits per heavy atom. The molecule has 0 unspecified atom stereocenters. The quantitative estimate of drug-likeness (QED) is 0.138. The van der Waals surface area contributed by atoms with Crippen LogP contribution in [0, 0.1) is 0 Å². The first kappa shape index (κ1) is 22.6. The van der Waals surface area contributed by atoms with E-state index in [4.69, 9.17) is 0 Å². The SMILES string of the molecule is C=CCSc1ccccc1C(=O)NNC(c1ccccc1)(c1ccccc1)c1ccccc1. The molecule has 33 heavy (non-hydrogen) atoms. The van der Waals surface area contributed by atoms with Crippen molar-refractivity contribution >= 4 is 17.7 Å². The van der Waals surface area contributed by atoms with Crippen LogP contribution in [0.25, 0.3) is 0 Å². The highest BCUT2D eigenvalue weighted by Crippen LogP contribution is 2.36. The third kappa shape index (κ3) is 4.92. The first-order valence-electron chi connectivity index (χ1n) is 10.8. The molecule has 0 atom stereocenters. The molecule has 0 saturated carbocycles. The summed E-state index contributed by atoms with van der Waals surface area (Å²) >= 11 is 1.59. The maximum Gasteiger partial charge on any atom is 0.266 e. The third-order valence-electron chi connectivity index (χ3n) is 5.47. The van der Waals surface area contributed by atoms with E-state index in [9.17, 15) is 4.79 Å². The molecule has 1 amide bonds. The summed E-state index contributed by atoms with van der Waals surface area (Å²) in [5, 5.41) is 0. The average molecular weight is 451 g/mol. The lowest BCUT2D eigenvalue weighted by molar-refractivity contribution is 0.0915. The number of rotatable bonds is 9. The molecule has 3 nitrogen and oxygen atoms in total. The monoisotopic (exact) mass is 450 g/mol. The van der Waals surface area contributed by atoms with Gasteiger partial charge in [-0.1, -0.05) is 109 Å². The first-order chi connectivity index (χ1) is 16.3. The minimum absolute atomic E-state index is 0.186. The molecule has 4 aromatic rings. The molecule has 2 N–H and O–H groups in total. The summed E-state index contributed by atoms with van der Waals surface area (Å²) in [6, 6.07) is 38.2. The summed E-state index contributed by atoms with van der Waals surface area (Å²) in [6.45, 7) is 3.79. The van der Waals surface area contributed by atoms with Crippen LogP contribution >= 0.6 is 11.8 Å². The Morgan fingerprint density at radius 2 is 1.18 bits per heavy atom. The molecule has 0 aliphatic carbocycles. The second kappa shape index (κ2) is 10.8. The number of hydrazine groups is 1. The lowest BCUT2D eigenvalue weighted by atomic mass is 9.77. The third-order valence-corrected chi connectivity index (χ3v) is 6.54. The number of carbonyl (C=O) groups excluding carboxylic acids is 1. The van der Waals surface area contributed by atoms with Crippen molar-refractivity contribution in [2.24, 2.45) is 0 Å². The Kier molecular flexibility index (Phi) is 7.40. The van der Waals surface area contributed by atoms with E-state index in [0.717, 1.165) is 27.3 Å². The summed E-state index contributed by atoms with van der Waals surface area (Å²) in [6.07, 6.45) is 1.84. The van der Waals surface area contributed by atoms with Crippen LogP contribution < -0.4 is 10.9 Å². The second-order valence-corrected chi connectivity index (χ2v) is 8.58. The van der Waals surface area contributed by atoms with E-state index >= 15 is 0 Å². The van der Waals surface area contributed by atoms with Crippen LogP contribution in [0.4, 0.5) is 0 Å². The second-order valence-electron chi connectivity index (χ2n) is 7.52. The average Bonchev–Trinajstić information content (AvgIpc) is 2.90. The molecule has 0 radical (unpaired) electrons. The van der Waals surface area contributed by atoms with Gasteiger partial charge in [0, 0.05) is 10.6 Å². The molecule has 164 valence electrons. The van der Waals surface area contributed by atoms with Gasteiger partial charge in [-0.3, -0.25) is 10.2 Å². The van der Waals surface area contributed by atoms with E-state index < -0.39 is 5.54 Å². The molecule has 0 fully saturated rings. The Bertz CT molecular complexity index is 1100. The molecule has 0 aliphatic rings. The van der Waals surface area contributed by atoms with Gasteiger partial charge in [-0.2, -0.15) is 0 Å². The van der Waals surface area contributed by atoms with Gasteiger partial charge in [0.05, 0.1) is 5.56 Å². The Balaban J connectivity index is 1.77. The van der Waals surface area contributed by atoms with Gasteiger partial charge in [0.15, 0.2) is 0 Å². The summed E-state index contributed by atoms with van der Waals surface area (Å²) in [5.41, 5.74) is 9.38. The van der Waals surface area contributed by atoms with Crippen molar-refractivity contribution < 1.29 is 4.79 Å². The Morgan fingerprint density at radius 3 is 1.67 bits per heavy atom. The summed E-state index contributed by atoms with van der Waals surface area (Å²) in [7, 11) is 0. The lowest BCUT2D eigenvalue weighted by Gasteiger charge is -2.37. The largest absolute Gasteiger partial charge is 0.286 e. The van der Waals surface area contributed by atoms with Crippen LogP contribution in [0.5, 0.6) is 0 Å². The van der Waals surface area contributed by atoms with E-state index in [1.54, 1.807) is 11.8 Å². The van der Waals surface area contributed by atoms with Crippen molar-refractivity contribution in [3.05, 3.63) is 150 Å². The van der Waals surface area contributed by atoms with Crippen molar-refractivity contribution in [2.75, 3.05) is 5.75 Å². The number of amides is 1. The molecule has 0 aliphatic heterocycles. The molecule has 4 aromatic carbocycles. The molecule has 0 aromatic heterocycles. The predicted molar refractivity (Wildman–Crippen MR) is 137 cm³/mol. The molecular formula is C29H26N2OS. The number of carbonyl (C=O) groups is 1. The van der Waals surface area contributed by atoms with Gasteiger partial charge in [-0.25, -0.2) is 5.43 Å². The van der Waals surface area contributed by atoms with E-state index in [2.05, 4.69) is 53.8 Å². The van der Waals surface area contributed by atoms with E-state index in [1.165, 1.54) is 0 Å². The van der Waals surface area contributed by atoms with Crippen LogP contribution in [0.1, 0.15) is 27.0 Å². The van der Waals surface area contributed by atoms with Gasteiger partial charge in [0.2, 0.25) is 0 Å². The van der Waals surface area contributed by atoms with Gasteiger partial charge < -0.3 is 0 Å². The molecule has 4 heteroatoms. The van der Waals surface area contributed by atoms with Crippen LogP contribution in [0.2, 0.25) is 0 Å². The van der Waals surface area contributed by atoms with Crippen molar-refractivity contribution in [2.45, 2.75) is 10.4 Å². The highest BCUT2D eigenvalue weighted by Gasteiger charge is 2.36. The van der Waals surface area contributed by atoms with Crippen LogP contribution in [0.3, 0.4) is 0 Å². The fourth-order valence-corrected chi connectivity index (χ4v) is 4.72. The topological polar surface area (TPSA) is 41.1 Å². The summed E-state index contributed by atoms with van der Waals surface area (Å²) in [5.74, 6) is 0.550. The first-order valence-corrected chi connectivity index (χ1v) is 11.8. The normalized spacial score (nSPS) is 11.0. The van der Waals surface area contributed by atoms with Crippen LogP contribution in [-0.2, 0) is 5.54 Å². The molecule has 0 bridgehead atoms. The van der Waals surface area contributed by atoms with Gasteiger partial charge >= 0.3 is 0 Å². The minimum atomic E-state index is -0.775. The zero-order valence-electron chi connectivity index (χ0n) is 18.3. The highest BCUT2D eigenvalue weighted by molar-refractivity contribution is 7.99. The lowest BCUT2D eigenvalue weighted by Crippen LogP contribution is -2.53. The van der Waals surface area contributed by atoms with Gasteiger partial charge in [0.1, 0.15) is 5.54 Å². The molecule has 4 rings (SSSR count). The number of hydrogen-bond acceptors (Lipinski definition) is 3. The van der Waals surface area contributed by atoms with Gasteiger partial charge in [-0.05, 0) is 28.8 Å². The van der Waals surface area contributed by atoms with E-state index in [0.29, 0.717) is 5.56 Å². The zero-order valence-corrected chi connectivity index (χ0v) is 19.1. The van der Waals surface area contributed by atoms with Crippen LogP contribution in [0.15, 0.2) is 133 Å². The van der Waals surface area contributed by atoms with Crippen molar-refractivity contribution in [3.63, 3.8) is 0 Å². The molecular weight excluding hydrogens is 424 g/mol. The van der Waals surface area contributed by atoms with Gasteiger partial charge in [-0.15, -0.1) is 18.3 Å². The predicted octanol–water partition coefficient (Wildman–Crippen LogP) is 6.19. The van der Waals surface area contributed by atoms with Crippen molar-refractivity contribution in [1.82, 2.24) is 10.9 Å². The smallest absolute Gasteiger partial charge is 0.266 e. The molecule has 0 saturated heterocycles. The van der Waals surface area contributed by atoms with Crippen LogP contribution in [-0.4, -0.2) is 11.7 Å². The highest BCUT2D eigenvalue weighted by atomic mass is 32.2. The standard InChI is InChI=1S/C29H26N2OS/c1-2-22-33-27-21-13-12-20-26(27)28(32)30-31-29(23-14-6-3-7-15-23,24-16-8-4-9-17-24)25-18-10-5-11-19-25/h2-21,31H,1,22H2,(H,30,32). The molecule has 0 spiro atoms. The van der Waals surface area contributed by atoms with Gasteiger partial charge in [0.25, 0.3) is 5.91 Å². The fraction of sp³-hybridized carbons (Fsp3) is 0.0690. The number of thioether (sulfide) groups is 1. The molecule has 0 heterocycles. The summed E-state index contributed by atoms with van der Waals surface area (Å²) in [4.78, 5) is 14.3. The minimum Gasteiger partial charge on any atom is -0.286 e. The maximum atomic E-state index is 13.4. The Hall–Kier alpha value is -3.60. The number of benzene rings is 4. The van der Waals surface area contributed by atoms with Crippen molar-refractivity contribution in [3.8, 4) is 0 Å². The van der Waals surface area contributed by atoms with Crippen molar-refractivity contribution in [1.29, 1.82) is 0 Å². The zero-order chi connectivity index (χ0) is 22.9. The number of hydrogen-bond donors (Lipinski definition) is 2. The van der Waals surface area contributed by atoms with E-state index in [-0.39, 0.29) is 5.91 Å². The maximum absolute atomic E-state index is 13.4. The van der Waals surface area contributed by atoms with E-state index in [1.807, 2.05) is 84.9 Å². The number of nitrogens with one attached hydrogen (secondary N) is 2. The summed E-state index contributed by atoms with van der Waals surface area (Å²) < 4.78 is 0. The Labute approximate surface area is 199 Å².